The smallest absolute Gasteiger partial charge is 0.220 e. The zero-order valence-electron chi connectivity index (χ0n) is 17.2. The molecule has 0 fully saturated rings. The van der Waals surface area contributed by atoms with Crippen LogP contribution >= 0.6 is 0 Å². The van der Waals surface area contributed by atoms with Gasteiger partial charge in [0, 0.05) is 24.5 Å². The first-order chi connectivity index (χ1) is 13.5. The van der Waals surface area contributed by atoms with E-state index in [4.69, 9.17) is 4.98 Å². The molecule has 1 amide bonds. The van der Waals surface area contributed by atoms with E-state index < -0.39 is 0 Å². The topological polar surface area (TPSA) is 59.8 Å². The fraction of sp³-hybridized carbons (Fsp3) is 0.435. The Morgan fingerprint density at radius 2 is 2.00 bits per heavy atom. The molecule has 146 valence electrons. The molecule has 0 bridgehead atoms. The van der Waals surface area contributed by atoms with Crippen LogP contribution in [0.2, 0.25) is 0 Å². The van der Waals surface area contributed by atoms with Crippen LogP contribution in [0.1, 0.15) is 58.9 Å². The highest BCUT2D eigenvalue weighted by Gasteiger charge is 2.22. The van der Waals surface area contributed by atoms with E-state index in [1.807, 2.05) is 25.6 Å². The fourth-order valence-corrected chi connectivity index (χ4v) is 4.64. The molecule has 1 N–H and O–H groups in total. The van der Waals surface area contributed by atoms with Gasteiger partial charge in [0.1, 0.15) is 0 Å². The Bertz CT molecular complexity index is 1050. The largest absolute Gasteiger partial charge is 0.349 e. The molecule has 2 aromatic heterocycles. The van der Waals surface area contributed by atoms with E-state index in [-0.39, 0.29) is 11.9 Å². The normalized spacial score (nSPS) is 16.2. The van der Waals surface area contributed by atoms with E-state index in [0.717, 1.165) is 41.7 Å². The number of aromatic nitrogens is 3. The van der Waals surface area contributed by atoms with Gasteiger partial charge >= 0.3 is 0 Å². The number of benzene rings is 1. The Balaban J connectivity index is 1.49. The van der Waals surface area contributed by atoms with Crippen LogP contribution in [-0.4, -0.2) is 20.7 Å². The third kappa shape index (κ3) is 3.30. The van der Waals surface area contributed by atoms with Gasteiger partial charge in [-0.3, -0.25) is 9.48 Å². The summed E-state index contributed by atoms with van der Waals surface area (Å²) >= 11 is 0. The van der Waals surface area contributed by atoms with Gasteiger partial charge in [-0.15, -0.1) is 0 Å². The SMILES string of the molecule is Cc1nc2c(c(C)nn2C)c(C)c1CCC(=O)NC1CCCc2ccccc21. The maximum absolute atomic E-state index is 12.7. The number of carbonyl (C=O) groups is 1. The first kappa shape index (κ1) is 18.7. The molecule has 5 heteroatoms. The molecule has 0 saturated heterocycles. The lowest BCUT2D eigenvalue weighted by molar-refractivity contribution is -0.121. The number of hydrogen-bond acceptors (Lipinski definition) is 3. The van der Waals surface area contributed by atoms with Crippen LogP contribution in [0, 0.1) is 20.8 Å². The zero-order chi connectivity index (χ0) is 19.8. The van der Waals surface area contributed by atoms with Crippen molar-refractivity contribution >= 4 is 16.9 Å². The molecule has 0 radical (unpaired) electrons. The summed E-state index contributed by atoms with van der Waals surface area (Å²) in [6, 6.07) is 8.61. The number of fused-ring (bicyclic) bond motifs is 2. The molecular weight excluding hydrogens is 348 g/mol. The van der Waals surface area contributed by atoms with E-state index in [1.54, 1.807) is 0 Å². The molecule has 1 aromatic carbocycles. The summed E-state index contributed by atoms with van der Waals surface area (Å²) in [5.41, 5.74) is 7.91. The molecular formula is C23H28N4O. The molecule has 0 spiro atoms. The lowest BCUT2D eigenvalue weighted by Crippen LogP contribution is -2.31. The van der Waals surface area contributed by atoms with Crippen LogP contribution in [0.25, 0.3) is 11.0 Å². The van der Waals surface area contributed by atoms with E-state index >= 15 is 0 Å². The maximum atomic E-state index is 12.7. The fourth-order valence-electron chi connectivity index (χ4n) is 4.64. The quantitative estimate of drug-likeness (QED) is 0.748. The second kappa shape index (κ2) is 7.38. The van der Waals surface area contributed by atoms with E-state index in [1.165, 1.54) is 22.3 Å². The van der Waals surface area contributed by atoms with E-state index in [0.29, 0.717) is 12.8 Å². The van der Waals surface area contributed by atoms with Crippen LogP contribution in [0.3, 0.4) is 0 Å². The second-order valence-electron chi connectivity index (χ2n) is 7.92. The Morgan fingerprint density at radius 1 is 1.21 bits per heavy atom. The highest BCUT2D eigenvalue weighted by molar-refractivity contribution is 5.84. The molecule has 0 saturated carbocycles. The lowest BCUT2D eigenvalue weighted by atomic mass is 9.87. The summed E-state index contributed by atoms with van der Waals surface area (Å²) in [5.74, 6) is 0.114. The Morgan fingerprint density at radius 3 is 2.82 bits per heavy atom. The summed E-state index contributed by atoms with van der Waals surface area (Å²) in [6.07, 6.45) is 4.43. The summed E-state index contributed by atoms with van der Waals surface area (Å²) in [7, 11) is 1.93. The standard InChI is InChI=1S/C23H28N4O/c1-14-18(15(2)24-23-22(14)16(3)26-27(23)4)12-13-21(28)25-20-11-7-9-17-8-5-6-10-19(17)20/h5-6,8,10,20H,7,9,11-13H2,1-4H3,(H,25,28). The van der Waals surface area contributed by atoms with Crippen molar-refractivity contribution in [3.63, 3.8) is 0 Å². The molecule has 1 aliphatic rings. The van der Waals surface area contributed by atoms with Crippen molar-refractivity contribution in [2.75, 3.05) is 0 Å². The third-order valence-electron chi connectivity index (χ3n) is 6.04. The summed E-state index contributed by atoms with van der Waals surface area (Å²) in [5, 5.41) is 8.88. The number of rotatable bonds is 4. The number of nitrogens with zero attached hydrogens (tertiary/aromatic N) is 3. The highest BCUT2D eigenvalue weighted by Crippen LogP contribution is 2.30. The molecule has 4 rings (SSSR count). The van der Waals surface area contributed by atoms with E-state index in [9.17, 15) is 4.79 Å². The number of carbonyl (C=O) groups excluding carboxylic acids is 1. The minimum Gasteiger partial charge on any atom is -0.349 e. The van der Waals surface area contributed by atoms with Gasteiger partial charge in [0.05, 0.1) is 11.7 Å². The van der Waals surface area contributed by atoms with Gasteiger partial charge < -0.3 is 5.32 Å². The van der Waals surface area contributed by atoms with Crippen LogP contribution in [-0.2, 0) is 24.7 Å². The van der Waals surface area contributed by atoms with Crippen molar-refractivity contribution in [2.45, 2.75) is 58.9 Å². The van der Waals surface area contributed by atoms with Gasteiger partial charge in [0.2, 0.25) is 5.91 Å². The predicted molar refractivity (Wildman–Crippen MR) is 111 cm³/mol. The van der Waals surface area contributed by atoms with Gasteiger partial charge in [-0.05, 0) is 68.7 Å². The van der Waals surface area contributed by atoms with Crippen molar-refractivity contribution in [1.82, 2.24) is 20.1 Å². The molecule has 5 nitrogen and oxygen atoms in total. The minimum atomic E-state index is 0.114. The summed E-state index contributed by atoms with van der Waals surface area (Å²) < 4.78 is 1.83. The van der Waals surface area contributed by atoms with Crippen molar-refractivity contribution in [2.24, 2.45) is 7.05 Å². The molecule has 1 unspecified atom stereocenters. The van der Waals surface area contributed by atoms with Crippen molar-refractivity contribution in [3.05, 3.63) is 57.9 Å². The van der Waals surface area contributed by atoms with Gasteiger partial charge in [-0.1, -0.05) is 24.3 Å². The number of amides is 1. The zero-order valence-corrected chi connectivity index (χ0v) is 17.2. The van der Waals surface area contributed by atoms with Crippen LogP contribution in [0.4, 0.5) is 0 Å². The maximum Gasteiger partial charge on any atom is 0.220 e. The average molecular weight is 377 g/mol. The molecule has 28 heavy (non-hydrogen) atoms. The number of pyridine rings is 1. The Kier molecular flexibility index (Phi) is 4.92. The Labute approximate surface area is 166 Å². The van der Waals surface area contributed by atoms with E-state index in [2.05, 4.69) is 41.6 Å². The number of aryl methyl sites for hydroxylation is 5. The third-order valence-corrected chi connectivity index (χ3v) is 6.04. The number of hydrogen-bond donors (Lipinski definition) is 1. The number of nitrogens with one attached hydrogen (secondary N) is 1. The molecule has 1 aliphatic carbocycles. The average Bonchev–Trinajstić information content (AvgIpc) is 2.95. The van der Waals surface area contributed by atoms with Crippen LogP contribution in [0.15, 0.2) is 24.3 Å². The highest BCUT2D eigenvalue weighted by atomic mass is 16.1. The first-order valence-corrected chi connectivity index (χ1v) is 10.1. The summed E-state index contributed by atoms with van der Waals surface area (Å²) in [6.45, 7) is 6.17. The molecule has 0 aliphatic heterocycles. The van der Waals surface area contributed by atoms with Gasteiger partial charge in [-0.2, -0.15) is 5.10 Å². The second-order valence-corrected chi connectivity index (χ2v) is 7.92. The molecule has 3 aromatic rings. The van der Waals surface area contributed by atoms with Crippen LogP contribution in [0.5, 0.6) is 0 Å². The van der Waals surface area contributed by atoms with Gasteiger partial charge in [0.25, 0.3) is 0 Å². The van der Waals surface area contributed by atoms with Crippen molar-refractivity contribution in [3.8, 4) is 0 Å². The monoisotopic (exact) mass is 376 g/mol. The van der Waals surface area contributed by atoms with Gasteiger partial charge in [0.15, 0.2) is 5.65 Å². The predicted octanol–water partition coefficient (Wildman–Crippen LogP) is 4.02. The lowest BCUT2D eigenvalue weighted by Gasteiger charge is -2.26. The molecule has 1 atom stereocenters. The summed E-state index contributed by atoms with van der Waals surface area (Å²) in [4.78, 5) is 17.5. The first-order valence-electron chi connectivity index (χ1n) is 10.1. The minimum absolute atomic E-state index is 0.114. The molecule has 2 heterocycles. The van der Waals surface area contributed by atoms with Crippen LogP contribution < -0.4 is 5.32 Å². The Hall–Kier alpha value is -2.69. The van der Waals surface area contributed by atoms with Crippen molar-refractivity contribution in [1.29, 1.82) is 0 Å². The van der Waals surface area contributed by atoms with Gasteiger partial charge in [-0.25, -0.2) is 4.98 Å². The van der Waals surface area contributed by atoms with Crippen molar-refractivity contribution < 1.29 is 4.79 Å².